The Morgan fingerprint density at radius 2 is 1.93 bits per heavy atom. The molecular weight excluding hydrogens is 400 g/mol. The largest absolute Gasteiger partial charge is 0.487 e. The van der Waals surface area contributed by atoms with Gasteiger partial charge in [0.15, 0.2) is 0 Å². The highest BCUT2D eigenvalue weighted by Gasteiger charge is 2.50. The van der Waals surface area contributed by atoms with Crippen LogP contribution < -0.4 is 4.74 Å². The Labute approximate surface area is 183 Å². The molecule has 0 unspecified atom stereocenters. The topological polar surface area (TPSA) is 55.8 Å². The van der Waals surface area contributed by atoms with E-state index in [1.54, 1.807) is 12.1 Å². The predicted molar refractivity (Wildman–Crippen MR) is 118 cm³/mol. The van der Waals surface area contributed by atoms with Crippen LogP contribution in [0.25, 0.3) is 0 Å². The van der Waals surface area contributed by atoms with Gasteiger partial charge in [0.25, 0.3) is 0 Å². The molecule has 30 heavy (non-hydrogen) atoms. The average molecular weight is 429 g/mol. The molecule has 2 aromatic rings. The van der Waals surface area contributed by atoms with Crippen molar-refractivity contribution in [2.24, 2.45) is 5.92 Å². The van der Waals surface area contributed by atoms with Crippen LogP contribution in [0.2, 0.25) is 5.02 Å². The van der Waals surface area contributed by atoms with E-state index in [1.807, 2.05) is 18.2 Å². The van der Waals surface area contributed by atoms with Gasteiger partial charge in [-0.25, -0.2) is 4.79 Å². The lowest BCUT2D eigenvalue weighted by Gasteiger charge is -2.51. The molecule has 0 aromatic heterocycles. The van der Waals surface area contributed by atoms with Gasteiger partial charge in [0.2, 0.25) is 0 Å². The van der Waals surface area contributed by atoms with E-state index in [0.29, 0.717) is 5.75 Å². The molecule has 0 spiro atoms. The fraction of sp³-hybridized carbons (Fsp3) is 0.480. The summed E-state index contributed by atoms with van der Waals surface area (Å²) in [7, 11) is 0. The van der Waals surface area contributed by atoms with E-state index in [1.165, 1.54) is 5.56 Å². The maximum atomic E-state index is 11.4. The van der Waals surface area contributed by atoms with Gasteiger partial charge in [0.1, 0.15) is 11.4 Å². The Morgan fingerprint density at radius 1 is 1.20 bits per heavy atom. The van der Waals surface area contributed by atoms with Crippen LogP contribution in [-0.2, 0) is 4.74 Å². The summed E-state index contributed by atoms with van der Waals surface area (Å²) >= 11 is 6.12. The first kappa shape index (κ1) is 21.2. The molecule has 0 bridgehead atoms. The van der Waals surface area contributed by atoms with Crippen molar-refractivity contribution in [2.75, 3.05) is 0 Å². The summed E-state index contributed by atoms with van der Waals surface area (Å²) < 4.78 is 13.1. The average Bonchev–Trinajstić information content (AvgIpc) is 2.71. The van der Waals surface area contributed by atoms with Crippen LogP contribution >= 0.6 is 11.6 Å². The summed E-state index contributed by atoms with van der Waals surface area (Å²) in [5.74, 6) is 0.117. The third kappa shape index (κ3) is 3.95. The van der Waals surface area contributed by atoms with Gasteiger partial charge in [0.05, 0.1) is 17.8 Å². The molecule has 1 N–H and O–H groups in total. The number of hydrogen-bond donors (Lipinski definition) is 1. The Bertz CT molecular complexity index is 921. The lowest BCUT2D eigenvalue weighted by Crippen LogP contribution is -2.50. The lowest BCUT2D eigenvalue weighted by molar-refractivity contribution is -0.160. The SMILES string of the molecule is CCCC[C@@H]1O[C@@H]2c3ccc(C(=O)O)cc3OC(C)(C)[C@H]2C[C@@H]1c1ccc(Cl)cc1. The molecule has 0 amide bonds. The monoisotopic (exact) mass is 428 g/mol. The molecule has 1 saturated heterocycles. The van der Waals surface area contributed by atoms with E-state index < -0.39 is 11.6 Å². The first-order chi connectivity index (χ1) is 14.3. The highest BCUT2D eigenvalue weighted by atomic mass is 35.5. The van der Waals surface area contributed by atoms with Gasteiger partial charge in [0, 0.05) is 22.4 Å². The van der Waals surface area contributed by atoms with Gasteiger partial charge < -0.3 is 14.6 Å². The van der Waals surface area contributed by atoms with Crippen LogP contribution in [-0.4, -0.2) is 22.8 Å². The van der Waals surface area contributed by atoms with Crippen molar-refractivity contribution >= 4 is 17.6 Å². The summed E-state index contributed by atoms with van der Waals surface area (Å²) in [6, 6.07) is 13.3. The van der Waals surface area contributed by atoms with Gasteiger partial charge in [-0.15, -0.1) is 0 Å². The minimum atomic E-state index is -0.950. The van der Waals surface area contributed by atoms with Crippen LogP contribution in [0.15, 0.2) is 42.5 Å². The number of unbranched alkanes of at least 4 members (excludes halogenated alkanes) is 1. The standard InChI is InChI=1S/C25H29ClO4/c1-4-5-6-21-19(15-7-10-17(26)11-8-15)14-20-23(29-21)18-12-9-16(24(27)28)13-22(18)30-25(20,2)3/h7-13,19-21,23H,4-6,14H2,1-3H3,(H,27,28)/t19-,20+,21+,23-/m1/s1. The molecular formula is C25H29ClO4. The molecule has 0 saturated carbocycles. The molecule has 2 aliphatic rings. The van der Waals surface area contributed by atoms with Gasteiger partial charge in [-0.3, -0.25) is 0 Å². The molecule has 4 atom stereocenters. The second-order valence-corrected chi connectivity index (χ2v) is 9.44. The number of carbonyl (C=O) groups is 1. The maximum absolute atomic E-state index is 11.4. The van der Waals surface area contributed by atoms with Crippen molar-refractivity contribution in [3.8, 4) is 5.75 Å². The Morgan fingerprint density at radius 3 is 2.60 bits per heavy atom. The third-order valence-electron chi connectivity index (χ3n) is 6.62. The Kier molecular flexibility index (Phi) is 5.82. The molecule has 2 heterocycles. The maximum Gasteiger partial charge on any atom is 0.335 e. The van der Waals surface area contributed by atoms with Crippen LogP contribution in [0, 0.1) is 5.92 Å². The first-order valence-corrected chi connectivity index (χ1v) is 11.1. The lowest BCUT2D eigenvalue weighted by atomic mass is 9.69. The second kappa shape index (κ2) is 8.24. The molecule has 4 rings (SSSR count). The van der Waals surface area contributed by atoms with Crippen molar-refractivity contribution in [2.45, 2.75) is 70.2 Å². The third-order valence-corrected chi connectivity index (χ3v) is 6.87. The zero-order valence-electron chi connectivity index (χ0n) is 17.7. The number of fused-ring (bicyclic) bond motifs is 3. The molecule has 160 valence electrons. The minimum absolute atomic E-state index is 0.1000. The van der Waals surface area contributed by atoms with E-state index in [4.69, 9.17) is 21.1 Å². The van der Waals surface area contributed by atoms with Gasteiger partial charge >= 0.3 is 5.97 Å². The number of carboxylic acid groups (broad SMARTS) is 1. The number of halogens is 1. The molecule has 2 aliphatic heterocycles. The van der Waals surface area contributed by atoms with E-state index in [-0.39, 0.29) is 29.6 Å². The Balaban J connectivity index is 1.71. The van der Waals surface area contributed by atoms with Crippen LogP contribution in [0.1, 0.15) is 80.0 Å². The zero-order chi connectivity index (χ0) is 21.5. The highest BCUT2D eigenvalue weighted by molar-refractivity contribution is 6.30. The number of rotatable bonds is 5. The van der Waals surface area contributed by atoms with Gasteiger partial charge in [-0.1, -0.05) is 49.6 Å². The Hall–Kier alpha value is -2.04. The number of aromatic carboxylic acids is 1. The van der Waals surface area contributed by atoms with E-state index >= 15 is 0 Å². The number of ether oxygens (including phenoxy) is 2. The molecule has 2 aromatic carbocycles. The number of hydrogen-bond acceptors (Lipinski definition) is 3. The molecule has 4 nitrogen and oxygen atoms in total. The number of benzene rings is 2. The second-order valence-electron chi connectivity index (χ2n) is 9.00. The first-order valence-electron chi connectivity index (χ1n) is 10.8. The predicted octanol–water partition coefficient (Wildman–Crippen LogP) is 6.63. The summed E-state index contributed by atoms with van der Waals surface area (Å²) in [6.45, 7) is 6.36. The van der Waals surface area contributed by atoms with Crippen molar-refractivity contribution in [3.63, 3.8) is 0 Å². The quantitative estimate of drug-likeness (QED) is 0.580. The number of carboxylic acids is 1. The van der Waals surface area contributed by atoms with Crippen molar-refractivity contribution in [1.29, 1.82) is 0 Å². The molecule has 0 aliphatic carbocycles. The van der Waals surface area contributed by atoms with E-state index in [9.17, 15) is 9.90 Å². The van der Waals surface area contributed by atoms with Crippen molar-refractivity contribution < 1.29 is 19.4 Å². The summed E-state index contributed by atoms with van der Waals surface area (Å²) in [5, 5.41) is 10.1. The summed E-state index contributed by atoms with van der Waals surface area (Å²) in [4.78, 5) is 11.4. The van der Waals surface area contributed by atoms with Crippen LogP contribution in [0.5, 0.6) is 5.75 Å². The van der Waals surface area contributed by atoms with Gasteiger partial charge in [-0.05, 0) is 56.5 Å². The van der Waals surface area contributed by atoms with Crippen LogP contribution in [0.3, 0.4) is 0 Å². The molecule has 5 heteroatoms. The summed E-state index contributed by atoms with van der Waals surface area (Å²) in [5.41, 5.74) is 1.98. The fourth-order valence-corrected chi connectivity index (χ4v) is 5.08. The molecule has 0 radical (unpaired) electrons. The van der Waals surface area contributed by atoms with Crippen molar-refractivity contribution in [3.05, 3.63) is 64.2 Å². The summed E-state index contributed by atoms with van der Waals surface area (Å²) in [6.07, 6.45) is 4.18. The highest BCUT2D eigenvalue weighted by Crippen LogP contribution is 2.54. The van der Waals surface area contributed by atoms with Crippen molar-refractivity contribution in [1.82, 2.24) is 0 Å². The van der Waals surface area contributed by atoms with E-state index in [2.05, 4.69) is 32.9 Å². The smallest absolute Gasteiger partial charge is 0.335 e. The van der Waals surface area contributed by atoms with Crippen LogP contribution in [0.4, 0.5) is 0 Å². The molecule has 1 fully saturated rings. The van der Waals surface area contributed by atoms with E-state index in [0.717, 1.165) is 36.3 Å². The zero-order valence-corrected chi connectivity index (χ0v) is 18.5. The normalized spacial score (nSPS) is 26.9. The fourth-order valence-electron chi connectivity index (χ4n) is 4.95. The minimum Gasteiger partial charge on any atom is -0.487 e. The van der Waals surface area contributed by atoms with Gasteiger partial charge in [-0.2, -0.15) is 0 Å².